The number of nitriles is 1. The molecule has 0 unspecified atom stereocenters. The van der Waals surface area contributed by atoms with Gasteiger partial charge < -0.3 is 15.1 Å². The Bertz CT molecular complexity index is 872. The first-order valence-electron chi connectivity index (χ1n) is 8.24. The first kappa shape index (κ1) is 19.0. The molecule has 0 aromatic heterocycles. The Balaban J connectivity index is 1.60. The van der Waals surface area contributed by atoms with Crippen LogP contribution >= 0.6 is 39.7 Å². The molecule has 0 saturated carbocycles. The molecule has 1 saturated heterocycles. The van der Waals surface area contributed by atoms with Crippen LogP contribution in [-0.4, -0.2) is 36.2 Å². The van der Waals surface area contributed by atoms with Crippen LogP contribution in [-0.2, 0) is 0 Å². The standard InChI is InChI=1S/C19H18BrClN4S/c1-13-10-15(20)3-5-18(13)24-6-8-25(9-7-24)19(26)23-16-4-2-14(12-22)17(21)11-16/h2-5,10-11H,6-9H2,1H3,(H,23,26). The van der Waals surface area contributed by atoms with Gasteiger partial charge >= 0.3 is 0 Å². The maximum Gasteiger partial charge on any atom is 0.173 e. The van der Waals surface area contributed by atoms with Crippen molar-refractivity contribution in [3.05, 3.63) is 57.0 Å². The highest BCUT2D eigenvalue weighted by molar-refractivity contribution is 9.10. The lowest BCUT2D eigenvalue weighted by Crippen LogP contribution is -2.50. The molecule has 3 rings (SSSR count). The van der Waals surface area contributed by atoms with Crippen LogP contribution in [0, 0.1) is 18.3 Å². The van der Waals surface area contributed by atoms with Crippen LogP contribution in [0.3, 0.4) is 0 Å². The number of hydrogen-bond acceptors (Lipinski definition) is 3. The van der Waals surface area contributed by atoms with Crippen LogP contribution in [0.4, 0.5) is 11.4 Å². The van der Waals surface area contributed by atoms with E-state index in [1.807, 2.05) is 6.07 Å². The quantitative estimate of drug-likeness (QED) is 0.667. The van der Waals surface area contributed by atoms with E-state index in [0.717, 1.165) is 36.3 Å². The van der Waals surface area contributed by atoms with Crippen molar-refractivity contribution in [2.45, 2.75) is 6.92 Å². The van der Waals surface area contributed by atoms with Crippen molar-refractivity contribution in [2.75, 3.05) is 36.4 Å². The highest BCUT2D eigenvalue weighted by atomic mass is 79.9. The van der Waals surface area contributed by atoms with Gasteiger partial charge in [0.1, 0.15) is 6.07 Å². The number of halogens is 2. The minimum atomic E-state index is 0.427. The van der Waals surface area contributed by atoms with Crippen LogP contribution < -0.4 is 10.2 Å². The van der Waals surface area contributed by atoms with Crippen LogP contribution in [0.1, 0.15) is 11.1 Å². The minimum Gasteiger partial charge on any atom is -0.368 e. The maximum atomic E-state index is 8.95. The lowest BCUT2D eigenvalue weighted by atomic mass is 10.1. The normalized spacial score (nSPS) is 14.1. The Labute approximate surface area is 172 Å². The Kier molecular flexibility index (Phi) is 6.02. The molecule has 26 heavy (non-hydrogen) atoms. The predicted octanol–water partition coefficient (Wildman–Crippen LogP) is 4.80. The van der Waals surface area contributed by atoms with E-state index in [4.69, 9.17) is 29.1 Å². The fourth-order valence-corrected chi connectivity index (χ4v) is 4.01. The van der Waals surface area contributed by atoms with Crippen LogP contribution in [0.25, 0.3) is 0 Å². The molecule has 1 aliphatic heterocycles. The summed E-state index contributed by atoms with van der Waals surface area (Å²) in [7, 11) is 0. The number of thiocarbonyl (C=S) groups is 1. The molecule has 1 N–H and O–H groups in total. The number of piperazine rings is 1. The van der Waals surface area contributed by atoms with Gasteiger partial charge in [0.25, 0.3) is 0 Å². The number of rotatable bonds is 2. The van der Waals surface area contributed by atoms with Crippen molar-refractivity contribution in [3.8, 4) is 6.07 Å². The van der Waals surface area contributed by atoms with E-state index in [2.05, 4.69) is 62.2 Å². The van der Waals surface area contributed by atoms with Crippen LogP contribution in [0.2, 0.25) is 5.02 Å². The molecule has 134 valence electrons. The third-order valence-corrected chi connectivity index (χ3v) is 5.57. The molecule has 0 spiro atoms. The maximum absolute atomic E-state index is 8.95. The average molecular weight is 450 g/mol. The van der Waals surface area contributed by atoms with Gasteiger partial charge in [-0.2, -0.15) is 5.26 Å². The second-order valence-electron chi connectivity index (χ2n) is 6.14. The molecule has 7 heteroatoms. The molecule has 0 amide bonds. The summed E-state index contributed by atoms with van der Waals surface area (Å²) in [6.07, 6.45) is 0. The number of hydrogen-bond donors (Lipinski definition) is 1. The number of aryl methyl sites for hydroxylation is 1. The molecular formula is C19H18BrClN4S. The van der Waals surface area contributed by atoms with Crippen LogP contribution in [0.15, 0.2) is 40.9 Å². The zero-order valence-electron chi connectivity index (χ0n) is 14.3. The zero-order valence-corrected chi connectivity index (χ0v) is 17.5. The van der Waals surface area contributed by atoms with E-state index in [0.29, 0.717) is 15.7 Å². The first-order valence-corrected chi connectivity index (χ1v) is 9.82. The third kappa shape index (κ3) is 4.29. The van der Waals surface area contributed by atoms with E-state index < -0.39 is 0 Å². The highest BCUT2D eigenvalue weighted by Crippen LogP contribution is 2.25. The molecule has 0 radical (unpaired) electrons. The Morgan fingerprint density at radius 1 is 1.19 bits per heavy atom. The highest BCUT2D eigenvalue weighted by Gasteiger charge is 2.20. The molecule has 1 aliphatic rings. The van der Waals surface area contributed by atoms with E-state index in [-0.39, 0.29) is 0 Å². The molecule has 0 bridgehead atoms. The lowest BCUT2D eigenvalue weighted by molar-refractivity contribution is 0.390. The van der Waals surface area contributed by atoms with Crippen molar-refractivity contribution >= 4 is 56.2 Å². The summed E-state index contributed by atoms with van der Waals surface area (Å²) in [6, 6.07) is 13.7. The van der Waals surface area contributed by atoms with Gasteiger partial charge in [-0.3, -0.25) is 0 Å². The van der Waals surface area contributed by atoms with Gasteiger partial charge in [-0.05, 0) is 61.1 Å². The van der Waals surface area contributed by atoms with Gasteiger partial charge in [0.05, 0.1) is 10.6 Å². The van der Waals surface area contributed by atoms with Gasteiger partial charge in [-0.25, -0.2) is 0 Å². The fourth-order valence-electron chi connectivity index (χ4n) is 3.01. The van der Waals surface area contributed by atoms with Crippen molar-refractivity contribution in [3.63, 3.8) is 0 Å². The summed E-state index contributed by atoms with van der Waals surface area (Å²) in [5.74, 6) is 0. The molecule has 2 aromatic rings. The number of nitrogens with one attached hydrogen (secondary N) is 1. The van der Waals surface area contributed by atoms with Gasteiger partial charge in [0, 0.05) is 42.0 Å². The van der Waals surface area contributed by atoms with E-state index in [1.54, 1.807) is 12.1 Å². The van der Waals surface area contributed by atoms with Gasteiger partial charge in [0.15, 0.2) is 5.11 Å². The van der Waals surface area contributed by atoms with Crippen molar-refractivity contribution in [2.24, 2.45) is 0 Å². The van der Waals surface area contributed by atoms with Crippen molar-refractivity contribution in [1.82, 2.24) is 4.90 Å². The Hall–Kier alpha value is -1.81. The number of nitrogens with zero attached hydrogens (tertiary/aromatic N) is 3. The lowest BCUT2D eigenvalue weighted by Gasteiger charge is -2.38. The SMILES string of the molecule is Cc1cc(Br)ccc1N1CCN(C(=S)Nc2ccc(C#N)c(Cl)c2)CC1. The molecule has 0 aliphatic carbocycles. The minimum absolute atomic E-state index is 0.427. The molecule has 0 atom stereocenters. The first-order chi connectivity index (χ1) is 12.5. The summed E-state index contributed by atoms with van der Waals surface area (Å²) in [5.41, 5.74) is 3.79. The van der Waals surface area contributed by atoms with Crippen LogP contribution in [0.5, 0.6) is 0 Å². The second-order valence-corrected chi connectivity index (χ2v) is 7.85. The Morgan fingerprint density at radius 2 is 1.92 bits per heavy atom. The van der Waals surface area contributed by atoms with E-state index in [1.165, 1.54) is 11.3 Å². The molecule has 2 aromatic carbocycles. The molecule has 1 heterocycles. The topological polar surface area (TPSA) is 42.3 Å². The number of benzene rings is 2. The molecule has 4 nitrogen and oxygen atoms in total. The summed E-state index contributed by atoms with van der Waals surface area (Å²) in [5, 5.41) is 13.3. The Morgan fingerprint density at radius 3 is 2.54 bits per heavy atom. The molecular weight excluding hydrogens is 432 g/mol. The van der Waals surface area contributed by atoms with Gasteiger partial charge in [-0.1, -0.05) is 27.5 Å². The molecule has 1 fully saturated rings. The largest absolute Gasteiger partial charge is 0.368 e. The van der Waals surface area contributed by atoms with Gasteiger partial charge in [0.2, 0.25) is 0 Å². The van der Waals surface area contributed by atoms with E-state index >= 15 is 0 Å². The smallest absolute Gasteiger partial charge is 0.173 e. The average Bonchev–Trinajstić information content (AvgIpc) is 2.62. The fraction of sp³-hybridized carbons (Fsp3) is 0.263. The zero-order chi connectivity index (χ0) is 18.7. The predicted molar refractivity (Wildman–Crippen MR) is 115 cm³/mol. The van der Waals surface area contributed by atoms with E-state index in [9.17, 15) is 0 Å². The van der Waals surface area contributed by atoms with Crippen molar-refractivity contribution < 1.29 is 0 Å². The second kappa shape index (κ2) is 8.26. The third-order valence-electron chi connectivity index (χ3n) is 4.41. The summed E-state index contributed by atoms with van der Waals surface area (Å²) >= 11 is 15.1. The summed E-state index contributed by atoms with van der Waals surface area (Å²) < 4.78 is 1.10. The summed E-state index contributed by atoms with van der Waals surface area (Å²) in [4.78, 5) is 4.55. The van der Waals surface area contributed by atoms with Crippen molar-refractivity contribution in [1.29, 1.82) is 5.26 Å². The monoisotopic (exact) mass is 448 g/mol. The summed E-state index contributed by atoms with van der Waals surface area (Å²) in [6.45, 7) is 5.67. The number of anilines is 2. The van der Waals surface area contributed by atoms with Gasteiger partial charge in [-0.15, -0.1) is 0 Å².